The molecule has 1 unspecified atom stereocenters. The number of methoxy groups -OCH3 is 1. The van der Waals surface area contributed by atoms with E-state index in [1.807, 2.05) is 0 Å². The molecule has 1 aromatic rings. The standard InChI is InChI=1S/C11H13N3O5/c1-18-11(17)9-12-3-2-8(13-9)14-4-5-19-6-7(14)10(15)16/h2-3,7H,4-6H2,1H3,(H,15,16). The first kappa shape index (κ1) is 13.2. The van der Waals surface area contributed by atoms with Crippen LogP contribution in [0, 0.1) is 0 Å². The number of morpholine rings is 1. The second kappa shape index (κ2) is 5.61. The Morgan fingerprint density at radius 1 is 1.58 bits per heavy atom. The summed E-state index contributed by atoms with van der Waals surface area (Å²) < 4.78 is 9.67. The van der Waals surface area contributed by atoms with E-state index in [0.29, 0.717) is 19.0 Å². The fraction of sp³-hybridized carbons (Fsp3) is 0.455. The number of esters is 1. The van der Waals surface area contributed by atoms with Crippen molar-refractivity contribution >= 4 is 17.8 Å². The number of anilines is 1. The van der Waals surface area contributed by atoms with E-state index in [0.717, 1.165) is 0 Å². The predicted octanol–water partition coefficient (Wildman–Crippen LogP) is -0.447. The van der Waals surface area contributed by atoms with Crippen LogP contribution >= 0.6 is 0 Å². The van der Waals surface area contributed by atoms with Gasteiger partial charge in [-0.2, -0.15) is 0 Å². The second-order valence-electron chi connectivity index (χ2n) is 3.85. The molecule has 19 heavy (non-hydrogen) atoms. The van der Waals surface area contributed by atoms with Crippen LogP contribution in [-0.2, 0) is 14.3 Å². The van der Waals surface area contributed by atoms with E-state index >= 15 is 0 Å². The molecule has 2 heterocycles. The molecule has 102 valence electrons. The number of ether oxygens (including phenoxy) is 2. The molecule has 0 amide bonds. The Kier molecular flexibility index (Phi) is 3.91. The molecule has 1 aliphatic rings. The summed E-state index contributed by atoms with van der Waals surface area (Å²) in [6.45, 7) is 0.864. The lowest BCUT2D eigenvalue weighted by atomic mass is 10.2. The Morgan fingerprint density at radius 3 is 3.05 bits per heavy atom. The van der Waals surface area contributed by atoms with Crippen molar-refractivity contribution in [3.05, 3.63) is 18.1 Å². The molecule has 0 bridgehead atoms. The first-order valence-corrected chi connectivity index (χ1v) is 5.62. The highest BCUT2D eigenvalue weighted by atomic mass is 16.5. The zero-order valence-electron chi connectivity index (χ0n) is 10.3. The van der Waals surface area contributed by atoms with Crippen LogP contribution in [0.5, 0.6) is 0 Å². The Morgan fingerprint density at radius 2 is 2.37 bits per heavy atom. The number of carboxylic acids is 1. The second-order valence-corrected chi connectivity index (χ2v) is 3.85. The lowest BCUT2D eigenvalue weighted by Crippen LogP contribution is -2.50. The quantitative estimate of drug-likeness (QED) is 0.735. The van der Waals surface area contributed by atoms with Gasteiger partial charge in [-0.15, -0.1) is 0 Å². The molecule has 2 rings (SSSR count). The zero-order chi connectivity index (χ0) is 13.8. The molecular formula is C11H13N3O5. The lowest BCUT2D eigenvalue weighted by molar-refractivity contribution is -0.141. The van der Waals surface area contributed by atoms with Crippen molar-refractivity contribution in [2.24, 2.45) is 0 Å². The molecule has 0 aromatic carbocycles. The van der Waals surface area contributed by atoms with E-state index in [2.05, 4.69) is 14.7 Å². The third-order valence-electron chi connectivity index (χ3n) is 2.72. The number of carbonyl (C=O) groups excluding carboxylic acids is 1. The SMILES string of the molecule is COC(=O)c1nccc(N2CCOCC2C(=O)O)n1. The maximum atomic E-state index is 11.4. The number of carboxylic acid groups (broad SMARTS) is 1. The minimum atomic E-state index is -1.00. The van der Waals surface area contributed by atoms with E-state index in [4.69, 9.17) is 9.84 Å². The summed E-state index contributed by atoms with van der Waals surface area (Å²) >= 11 is 0. The molecule has 1 saturated heterocycles. The number of carbonyl (C=O) groups is 2. The third kappa shape index (κ3) is 2.79. The molecule has 1 atom stereocenters. The van der Waals surface area contributed by atoms with Crippen molar-refractivity contribution in [3.8, 4) is 0 Å². The topological polar surface area (TPSA) is 102 Å². The number of hydrogen-bond acceptors (Lipinski definition) is 7. The molecule has 8 nitrogen and oxygen atoms in total. The predicted molar refractivity (Wildman–Crippen MR) is 63.0 cm³/mol. The van der Waals surface area contributed by atoms with Crippen LogP contribution in [0.2, 0.25) is 0 Å². The van der Waals surface area contributed by atoms with E-state index in [-0.39, 0.29) is 12.4 Å². The fourth-order valence-electron chi connectivity index (χ4n) is 1.78. The average molecular weight is 267 g/mol. The van der Waals surface area contributed by atoms with Crippen molar-refractivity contribution in [1.29, 1.82) is 0 Å². The van der Waals surface area contributed by atoms with Crippen molar-refractivity contribution in [2.75, 3.05) is 31.8 Å². The largest absolute Gasteiger partial charge is 0.480 e. The number of aliphatic carboxylic acids is 1. The van der Waals surface area contributed by atoms with Crippen molar-refractivity contribution in [2.45, 2.75) is 6.04 Å². The van der Waals surface area contributed by atoms with Gasteiger partial charge in [-0.1, -0.05) is 0 Å². The van der Waals surface area contributed by atoms with E-state index in [1.165, 1.54) is 13.3 Å². The van der Waals surface area contributed by atoms with Crippen LogP contribution in [0.25, 0.3) is 0 Å². The lowest BCUT2D eigenvalue weighted by Gasteiger charge is -2.33. The Hall–Kier alpha value is -2.22. The maximum Gasteiger partial charge on any atom is 0.376 e. The highest BCUT2D eigenvalue weighted by molar-refractivity contribution is 5.85. The molecule has 0 aliphatic carbocycles. The van der Waals surface area contributed by atoms with Gasteiger partial charge in [0.25, 0.3) is 0 Å². The first-order chi connectivity index (χ1) is 9.13. The van der Waals surface area contributed by atoms with Gasteiger partial charge in [0.1, 0.15) is 5.82 Å². The first-order valence-electron chi connectivity index (χ1n) is 5.62. The number of nitrogens with zero attached hydrogens (tertiary/aromatic N) is 3. The minimum absolute atomic E-state index is 0.0763. The molecule has 0 radical (unpaired) electrons. The molecule has 1 fully saturated rings. The summed E-state index contributed by atoms with van der Waals surface area (Å²) in [5, 5.41) is 9.14. The van der Waals surface area contributed by atoms with Gasteiger partial charge in [0.2, 0.25) is 5.82 Å². The Bertz CT molecular complexity index is 493. The van der Waals surface area contributed by atoms with Crippen LogP contribution in [-0.4, -0.2) is 59.9 Å². The summed E-state index contributed by atoms with van der Waals surface area (Å²) in [6.07, 6.45) is 1.39. The van der Waals surface area contributed by atoms with Gasteiger partial charge in [0.05, 0.1) is 20.3 Å². The molecule has 1 aromatic heterocycles. The van der Waals surface area contributed by atoms with Gasteiger partial charge in [-0.3, -0.25) is 0 Å². The van der Waals surface area contributed by atoms with E-state index < -0.39 is 18.0 Å². The summed E-state index contributed by atoms with van der Waals surface area (Å²) in [7, 11) is 1.23. The highest BCUT2D eigenvalue weighted by Gasteiger charge is 2.30. The molecule has 0 spiro atoms. The van der Waals surface area contributed by atoms with Crippen LogP contribution < -0.4 is 4.90 Å². The summed E-state index contributed by atoms with van der Waals surface area (Å²) in [5.41, 5.74) is 0. The fourth-order valence-corrected chi connectivity index (χ4v) is 1.78. The Labute approximate surface area is 109 Å². The summed E-state index contributed by atoms with van der Waals surface area (Å²) in [4.78, 5) is 31.9. The van der Waals surface area contributed by atoms with Crippen LogP contribution in [0.1, 0.15) is 10.6 Å². The monoisotopic (exact) mass is 267 g/mol. The smallest absolute Gasteiger partial charge is 0.376 e. The molecule has 1 N–H and O–H groups in total. The van der Waals surface area contributed by atoms with Crippen LogP contribution in [0.15, 0.2) is 12.3 Å². The van der Waals surface area contributed by atoms with Crippen molar-refractivity contribution in [3.63, 3.8) is 0 Å². The van der Waals surface area contributed by atoms with Crippen LogP contribution in [0.3, 0.4) is 0 Å². The van der Waals surface area contributed by atoms with Gasteiger partial charge < -0.3 is 19.5 Å². The van der Waals surface area contributed by atoms with Gasteiger partial charge in [0.15, 0.2) is 6.04 Å². The van der Waals surface area contributed by atoms with E-state index in [1.54, 1.807) is 11.0 Å². The minimum Gasteiger partial charge on any atom is -0.480 e. The van der Waals surface area contributed by atoms with Gasteiger partial charge in [-0.25, -0.2) is 19.6 Å². The zero-order valence-corrected chi connectivity index (χ0v) is 10.3. The number of aromatic nitrogens is 2. The van der Waals surface area contributed by atoms with Crippen LogP contribution in [0.4, 0.5) is 5.82 Å². The Balaban J connectivity index is 2.29. The average Bonchev–Trinajstić information content (AvgIpc) is 2.46. The van der Waals surface area contributed by atoms with Crippen molar-refractivity contribution < 1.29 is 24.2 Å². The maximum absolute atomic E-state index is 11.4. The highest BCUT2D eigenvalue weighted by Crippen LogP contribution is 2.17. The molecule has 8 heteroatoms. The van der Waals surface area contributed by atoms with Crippen molar-refractivity contribution in [1.82, 2.24) is 9.97 Å². The molecule has 1 aliphatic heterocycles. The van der Waals surface area contributed by atoms with Gasteiger partial charge in [0, 0.05) is 12.7 Å². The number of rotatable bonds is 3. The third-order valence-corrected chi connectivity index (χ3v) is 2.72. The van der Waals surface area contributed by atoms with Gasteiger partial charge >= 0.3 is 11.9 Å². The molecular weight excluding hydrogens is 254 g/mol. The summed E-state index contributed by atoms with van der Waals surface area (Å²) in [5.74, 6) is -1.40. The summed E-state index contributed by atoms with van der Waals surface area (Å²) in [6, 6.07) is 0.724. The molecule has 0 saturated carbocycles. The normalized spacial score (nSPS) is 19.0. The number of hydrogen-bond donors (Lipinski definition) is 1. The van der Waals surface area contributed by atoms with E-state index in [9.17, 15) is 9.59 Å². The van der Waals surface area contributed by atoms with Gasteiger partial charge in [-0.05, 0) is 6.07 Å².